The smallest absolute Gasteiger partial charge is 0.313 e. The summed E-state index contributed by atoms with van der Waals surface area (Å²) in [6.45, 7) is 4.51. The van der Waals surface area contributed by atoms with E-state index in [1.165, 1.54) is 5.39 Å². The lowest BCUT2D eigenvalue weighted by Crippen LogP contribution is -2.13. The minimum absolute atomic E-state index is 0.135. The lowest BCUT2D eigenvalue weighted by molar-refractivity contribution is -0.145. The van der Waals surface area contributed by atoms with Gasteiger partial charge in [0.05, 0.1) is 12.5 Å². The first kappa shape index (κ1) is 13.6. The Morgan fingerprint density at radius 3 is 2.63 bits per heavy atom. The molecule has 0 unspecified atom stereocenters. The second-order valence-electron chi connectivity index (χ2n) is 4.85. The average Bonchev–Trinajstić information content (AvgIpc) is 2.46. The molecule has 1 atom stereocenters. The number of hydrogen-bond donors (Lipinski definition) is 0. The van der Waals surface area contributed by atoms with E-state index in [-0.39, 0.29) is 11.9 Å². The van der Waals surface area contributed by atoms with Crippen molar-refractivity contribution in [2.24, 2.45) is 0 Å². The molecule has 0 radical (unpaired) electrons. The van der Waals surface area contributed by atoms with Crippen molar-refractivity contribution in [2.75, 3.05) is 6.61 Å². The molecule has 0 aliphatic heterocycles. The number of hydrogen-bond acceptors (Lipinski definition) is 2. The molecule has 100 valence electrons. The van der Waals surface area contributed by atoms with Crippen molar-refractivity contribution < 1.29 is 9.53 Å². The molecule has 0 aliphatic carbocycles. The third-order valence-corrected chi connectivity index (χ3v) is 3.37. The van der Waals surface area contributed by atoms with Gasteiger partial charge in [-0.1, -0.05) is 55.8 Å². The van der Waals surface area contributed by atoms with Crippen molar-refractivity contribution in [3.63, 3.8) is 0 Å². The molecule has 2 aromatic rings. The maximum absolute atomic E-state index is 11.9. The molecule has 0 bridgehead atoms. The van der Waals surface area contributed by atoms with Crippen molar-refractivity contribution in [3.8, 4) is 0 Å². The Labute approximate surface area is 114 Å². The van der Waals surface area contributed by atoms with Crippen LogP contribution in [0, 0.1) is 0 Å². The number of carbonyl (C=O) groups is 1. The minimum Gasteiger partial charge on any atom is -0.465 e. The summed E-state index contributed by atoms with van der Waals surface area (Å²) in [5, 5.41) is 2.35. The summed E-state index contributed by atoms with van der Waals surface area (Å²) in [5.41, 5.74) is 1.01. The zero-order chi connectivity index (χ0) is 13.7. The van der Waals surface area contributed by atoms with Gasteiger partial charge in [-0.3, -0.25) is 4.79 Å². The SMILES string of the molecule is CCCCOC(=O)[C@@H](C)c1ccc2ccccc2c1. The van der Waals surface area contributed by atoms with Crippen molar-refractivity contribution in [2.45, 2.75) is 32.6 Å². The fourth-order valence-corrected chi connectivity index (χ4v) is 2.06. The largest absolute Gasteiger partial charge is 0.465 e. The highest BCUT2D eigenvalue weighted by atomic mass is 16.5. The highest BCUT2D eigenvalue weighted by Crippen LogP contribution is 2.22. The molecule has 2 nitrogen and oxygen atoms in total. The number of fused-ring (bicyclic) bond motifs is 1. The molecule has 0 saturated heterocycles. The van der Waals surface area contributed by atoms with Crippen LogP contribution in [0.25, 0.3) is 10.8 Å². The quantitative estimate of drug-likeness (QED) is 0.589. The molecule has 0 aromatic heterocycles. The van der Waals surface area contributed by atoms with Crippen molar-refractivity contribution >= 4 is 16.7 Å². The molecule has 2 heteroatoms. The third kappa shape index (κ3) is 3.34. The highest BCUT2D eigenvalue weighted by molar-refractivity contribution is 5.85. The van der Waals surface area contributed by atoms with Crippen LogP contribution < -0.4 is 0 Å². The molecule has 0 aliphatic rings. The van der Waals surface area contributed by atoms with Gasteiger partial charge in [-0.25, -0.2) is 0 Å². The summed E-state index contributed by atoms with van der Waals surface area (Å²) in [6, 6.07) is 14.3. The predicted molar refractivity (Wildman–Crippen MR) is 78.2 cm³/mol. The summed E-state index contributed by atoms with van der Waals surface area (Å²) < 4.78 is 5.27. The van der Waals surface area contributed by atoms with Crippen molar-refractivity contribution in [3.05, 3.63) is 48.0 Å². The molecule has 2 rings (SSSR count). The number of unbranched alkanes of at least 4 members (excludes halogenated alkanes) is 1. The third-order valence-electron chi connectivity index (χ3n) is 3.37. The van der Waals surface area contributed by atoms with Gasteiger partial charge >= 0.3 is 5.97 Å². The number of ether oxygens (including phenoxy) is 1. The molecule has 0 fully saturated rings. The Balaban J connectivity index is 2.12. The Bertz CT molecular complexity index is 560. The Kier molecular flexibility index (Phi) is 4.56. The Morgan fingerprint density at radius 2 is 1.89 bits per heavy atom. The molecule has 19 heavy (non-hydrogen) atoms. The summed E-state index contributed by atoms with van der Waals surface area (Å²) in [6.07, 6.45) is 1.97. The molecule has 0 amide bonds. The fraction of sp³-hybridized carbons (Fsp3) is 0.353. The van der Waals surface area contributed by atoms with Gasteiger partial charge in [-0.2, -0.15) is 0 Å². The highest BCUT2D eigenvalue weighted by Gasteiger charge is 2.16. The van der Waals surface area contributed by atoms with E-state index in [0.717, 1.165) is 23.8 Å². The van der Waals surface area contributed by atoms with E-state index < -0.39 is 0 Å². The molecule has 0 saturated carbocycles. The van der Waals surface area contributed by atoms with Crippen LogP contribution >= 0.6 is 0 Å². The molecular formula is C17H20O2. The molecule has 0 heterocycles. The first-order valence-electron chi connectivity index (χ1n) is 6.87. The van der Waals surface area contributed by atoms with E-state index in [4.69, 9.17) is 4.74 Å². The van der Waals surface area contributed by atoms with Gasteiger partial charge in [-0.05, 0) is 29.7 Å². The normalized spacial score (nSPS) is 12.3. The van der Waals surface area contributed by atoms with E-state index in [1.54, 1.807) is 0 Å². The first-order chi connectivity index (χ1) is 9.22. The van der Waals surface area contributed by atoms with Crippen LogP contribution in [0.4, 0.5) is 0 Å². The van der Waals surface area contributed by atoms with Gasteiger partial charge in [0.25, 0.3) is 0 Å². The lowest BCUT2D eigenvalue weighted by Gasteiger charge is -2.12. The van der Waals surface area contributed by atoms with Crippen LogP contribution in [-0.4, -0.2) is 12.6 Å². The Hall–Kier alpha value is -1.83. The van der Waals surface area contributed by atoms with Crippen molar-refractivity contribution in [1.29, 1.82) is 0 Å². The van der Waals surface area contributed by atoms with Gasteiger partial charge < -0.3 is 4.74 Å². The van der Waals surface area contributed by atoms with Crippen LogP contribution in [0.1, 0.15) is 38.2 Å². The van der Waals surface area contributed by atoms with Gasteiger partial charge in [0, 0.05) is 0 Å². The maximum Gasteiger partial charge on any atom is 0.313 e. The number of benzene rings is 2. The molecule has 2 aromatic carbocycles. The second-order valence-corrected chi connectivity index (χ2v) is 4.85. The van der Waals surface area contributed by atoms with E-state index >= 15 is 0 Å². The van der Waals surface area contributed by atoms with E-state index in [1.807, 2.05) is 25.1 Å². The number of rotatable bonds is 5. The predicted octanol–water partition coefficient (Wildman–Crippen LogP) is 4.29. The van der Waals surface area contributed by atoms with Crippen LogP contribution in [0.5, 0.6) is 0 Å². The summed E-state index contributed by atoms with van der Waals surface area (Å²) >= 11 is 0. The van der Waals surface area contributed by atoms with Gasteiger partial charge in [0.2, 0.25) is 0 Å². The molecule has 0 N–H and O–H groups in total. The standard InChI is InChI=1S/C17H20O2/c1-3-4-11-19-17(18)13(2)15-10-9-14-7-5-6-8-16(14)12-15/h5-10,12-13H,3-4,11H2,1-2H3/t13-/m0/s1. The van der Waals surface area contributed by atoms with E-state index in [2.05, 4.69) is 31.2 Å². The summed E-state index contributed by atoms with van der Waals surface area (Å²) in [5.74, 6) is -0.342. The zero-order valence-corrected chi connectivity index (χ0v) is 11.6. The van der Waals surface area contributed by atoms with Crippen LogP contribution in [0.3, 0.4) is 0 Å². The van der Waals surface area contributed by atoms with Crippen molar-refractivity contribution in [1.82, 2.24) is 0 Å². The van der Waals surface area contributed by atoms with Gasteiger partial charge in [0.1, 0.15) is 0 Å². The average molecular weight is 256 g/mol. The first-order valence-corrected chi connectivity index (χ1v) is 6.87. The number of carbonyl (C=O) groups excluding carboxylic acids is 1. The Morgan fingerprint density at radius 1 is 1.16 bits per heavy atom. The van der Waals surface area contributed by atoms with Gasteiger partial charge in [-0.15, -0.1) is 0 Å². The van der Waals surface area contributed by atoms with Gasteiger partial charge in [0.15, 0.2) is 0 Å². The molecular weight excluding hydrogens is 236 g/mol. The monoisotopic (exact) mass is 256 g/mol. The number of esters is 1. The minimum atomic E-state index is -0.207. The summed E-state index contributed by atoms with van der Waals surface area (Å²) in [4.78, 5) is 11.9. The topological polar surface area (TPSA) is 26.3 Å². The second kappa shape index (κ2) is 6.37. The fourth-order valence-electron chi connectivity index (χ4n) is 2.06. The van der Waals surface area contributed by atoms with E-state index in [9.17, 15) is 4.79 Å². The van der Waals surface area contributed by atoms with Crippen LogP contribution in [0.2, 0.25) is 0 Å². The lowest BCUT2D eigenvalue weighted by atomic mass is 9.98. The van der Waals surface area contributed by atoms with Crippen LogP contribution in [-0.2, 0) is 9.53 Å². The summed E-state index contributed by atoms with van der Waals surface area (Å²) in [7, 11) is 0. The molecule has 0 spiro atoms. The van der Waals surface area contributed by atoms with Crippen LogP contribution in [0.15, 0.2) is 42.5 Å². The van der Waals surface area contributed by atoms with E-state index in [0.29, 0.717) is 6.61 Å². The zero-order valence-electron chi connectivity index (χ0n) is 11.6. The maximum atomic E-state index is 11.9.